The van der Waals surface area contributed by atoms with E-state index in [1.165, 1.54) is 0 Å². The second-order valence-corrected chi connectivity index (χ2v) is 6.33. The van der Waals surface area contributed by atoms with Crippen LogP contribution in [0.3, 0.4) is 0 Å². The van der Waals surface area contributed by atoms with Crippen LogP contribution in [0.4, 0.5) is 4.39 Å². The molecule has 2 aromatic heterocycles. The zero-order chi connectivity index (χ0) is 15.0. The van der Waals surface area contributed by atoms with E-state index in [-0.39, 0.29) is 11.9 Å². The number of nitrogens with one attached hydrogen (secondary N) is 2. The summed E-state index contributed by atoms with van der Waals surface area (Å²) in [6.07, 6.45) is 5.49. The molecule has 3 rings (SSSR count). The van der Waals surface area contributed by atoms with Crippen LogP contribution in [-0.4, -0.2) is 27.6 Å². The Labute approximate surface area is 127 Å². The number of hydrogen-bond donors (Lipinski definition) is 2. The van der Waals surface area contributed by atoms with Gasteiger partial charge < -0.3 is 10.3 Å². The van der Waals surface area contributed by atoms with E-state index in [0.717, 1.165) is 10.9 Å². The highest BCUT2D eigenvalue weighted by Crippen LogP contribution is 2.31. The summed E-state index contributed by atoms with van der Waals surface area (Å²) >= 11 is 6.04. The molecule has 1 aliphatic rings. The Morgan fingerprint density at radius 3 is 2.86 bits per heavy atom. The van der Waals surface area contributed by atoms with Crippen molar-refractivity contribution in [3.05, 3.63) is 29.2 Å². The summed E-state index contributed by atoms with van der Waals surface area (Å²) in [7, 11) is 0. The molecule has 0 atom stereocenters. The van der Waals surface area contributed by atoms with Gasteiger partial charge in [0.1, 0.15) is 11.4 Å². The zero-order valence-electron chi connectivity index (χ0n) is 11.7. The lowest BCUT2D eigenvalue weighted by atomic mass is 9.85. The van der Waals surface area contributed by atoms with Crippen LogP contribution in [0.1, 0.15) is 43.1 Å². The quantitative estimate of drug-likeness (QED) is 0.890. The van der Waals surface area contributed by atoms with E-state index in [1.807, 2.05) is 0 Å². The summed E-state index contributed by atoms with van der Waals surface area (Å²) in [5.41, 5.74) is 0.0859. The molecular formula is C15H17ClFN3O. The summed E-state index contributed by atoms with van der Waals surface area (Å²) in [6, 6.07) is 1.75. The number of H-pyrrole nitrogens is 1. The van der Waals surface area contributed by atoms with Crippen LogP contribution >= 0.6 is 11.6 Å². The van der Waals surface area contributed by atoms with E-state index in [9.17, 15) is 9.18 Å². The number of rotatable bonds is 2. The van der Waals surface area contributed by atoms with Gasteiger partial charge in [0.25, 0.3) is 5.91 Å². The Morgan fingerprint density at radius 2 is 2.19 bits per heavy atom. The molecule has 1 amide bonds. The molecule has 6 heteroatoms. The van der Waals surface area contributed by atoms with Gasteiger partial charge in [-0.3, -0.25) is 9.78 Å². The minimum absolute atomic E-state index is 0.0290. The van der Waals surface area contributed by atoms with E-state index >= 15 is 0 Å². The Hall–Kier alpha value is -1.62. The molecule has 0 spiro atoms. The molecular weight excluding hydrogens is 293 g/mol. The van der Waals surface area contributed by atoms with Gasteiger partial charge in [0, 0.05) is 17.6 Å². The third kappa shape index (κ3) is 3.02. The summed E-state index contributed by atoms with van der Waals surface area (Å²) in [6.45, 7) is 1.62. The first-order valence-corrected chi connectivity index (χ1v) is 7.44. The first-order valence-electron chi connectivity index (χ1n) is 7.07. The van der Waals surface area contributed by atoms with E-state index in [2.05, 4.69) is 15.3 Å². The maximum atomic E-state index is 13.7. The van der Waals surface area contributed by atoms with E-state index in [4.69, 9.17) is 11.6 Å². The maximum Gasteiger partial charge on any atom is 0.267 e. The predicted molar refractivity (Wildman–Crippen MR) is 80.3 cm³/mol. The molecule has 0 bridgehead atoms. The topological polar surface area (TPSA) is 57.8 Å². The average molecular weight is 310 g/mol. The molecule has 0 aliphatic heterocycles. The SMILES string of the molecule is CC1(F)CCC(NC(=O)c2cc3c(Cl)cncc3[nH]2)CC1. The molecule has 2 N–H and O–H groups in total. The van der Waals surface area contributed by atoms with Crippen molar-refractivity contribution in [2.45, 2.75) is 44.3 Å². The number of pyridine rings is 1. The maximum absolute atomic E-state index is 13.7. The molecule has 0 radical (unpaired) electrons. The Kier molecular flexibility index (Phi) is 3.61. The molecule has 112 valence electrons. The first kappa shape index (κ1) is 14.3. The van der Waals surface area contributed by atoms with Gasteiger partial charge in [-0.2, -0.15) is 0 Å². The fraction of sp³-hybridized carbons (Fsp3) is 0.467. The highest BCUT2D eigenvalue weighted by Gasteiger charge is 2.31. The molecule has 0 saturated heterocycles. The van der Waals surface area contributed by atoms with Crippen LogP contribution in [0.25, 0.3) is 10.9 Å². The van der Waals surface area contributed by atoms with Crippen molar-refractivity contribution >= 4 is 28.4 Å². The van der Waals surface area contributed by atoms with E-state index < -0.39 is 5.67 Å². The first-order chi connectivity index (χ1) is 9.94. The lowest BCUT2D eigenvalue weighted by Crippen LogP contribution is -2.40. The van der Waals surface area contributed by atoms with Crippen LogP contribution in [0.15, 0.2) is 18.5 Å². The van der Waals surface area contributed by atoms with Gasteiger partial charge in [-0.15, -0.1) is 0 Å². The average Bonchev–Trinajstić information content (AvgIpc) is 2.87. The molecule has 1 aliphatic carbocycles. The predicted octanol–water partition coefficient (Wildman–Crippen LogP) is 3.62. The fourth-order valence-electron chi connectivity index (χ4n) is 2.77. The number of halogens is 2. The highest BCUT2D eigenvalue weighted by molar-refractivity contribution is 6.35. The number of hydrogen-bond acceptors (Lipinski definition) is 2. The molecule has 1 saturated carbocycles. The minimum Gasteiger partial charge on any atom is -0.349 e. The van der Waals surface area contributed by atoms with Crippen LogP contribution in [0.2, 0.25) is 5.02 Å². The Balaban J connectivity index is 1.71. The van der Waals surface area contributed by atoms with Crippen molar-refractivity contribution in [1.82, 2.24) is 15.3 Å². The van der Waals surface area contributed by atoms with Gasteiger partial charge in [0.2, 0.25) is 0 Å². The molecule has 0 unspecified atom stereocenters. The molecule has 21 heavy (non-hydrogen) atoms. The molecule has 2 heterocycles. The van der Waals surface area contributed by atoms with Crippen LogP contribution in [-0.2, 0) is 0 Å². The number of amides is 1. The number of carbonyl (C=O) groups excluding carboxylic acids is 1. The summed E-state index contributed by atoms with van der Waals surface area (Å²) in [5.74, 6) is -0.185. The highest BCUT2D eigenvalue weighted by atomic mass is 35.5. The third-order valence-corrected chi connectivity index (χ3v) is 4.41. The number of alkyl halides is 1. The molecule has 4 nitrogen and oxygen atoms in total. The third-order valence-electron chi connectivity index (χ3n) is 4.10. The van der Waals surface area contributed by atoms with Crippen LogP contribution in [0, 0.1) is 0 Å². The van der Waals surface area contributed by atoms with Crippen molar-refractivity contribution in [3.8, 4) is 0 Å². The van der Waals surface area contributed by atoms with E-state index in [0.29, 0.717) is 36.4 Å². The number of nitrogens with zero attached hydrogens (tertiary/aromatic N) is 1. The standard InChI is InChI=1S/C15H17ClFN3O/c1-15(17)4-2-9(3-5-15)19-14(21)12-6-10-11(16)7-18-8-13(10)20-12/h6-9,20H,2-5H2,1H3,(H,19,21). The Morgan fingerprint density at radius 1 is 1.48 bits per heavy atom. The van der Waals surface area contributed by atoms with Gasteiger partial charge >= 0.3 is 0 Å². The number of carbonyl (C=O) groups is 1. The van der Waals surface area contributed by atoms with Crippen LogP contribution in [0.5, 0.6) is 0 Å². The molecule has 2 aromatic rings. The van der Waals surface area contributed by atoms with Gasteiger partial charge in [-0.25, -0.2) is 4.39 Å². The van der Waals surface area contributed by atoms with Crippen molar-refractivity contribution in [1.29, 1.82) is 0 Å². The Bertz CT molecular complexity index is 673. The molecule has 1 fully saturated rings. The summed E-state index contributed by atoms with van der Waals surface area (Å²) in [5, 5.41) is 4.24. The monoisotopic (exact) mass is 309 g/mol. The van der Waals surface area contributed by atoms with Crippen molar-refractivity contribution in [3.63, 3.8) is 0 Å². The van der Waals surface area contributed by atoms with Gasteiger partial charge in [-0.05, 0) is 38.7 Å². The lowest BCUT2D eigenvalue weighted by molar-refractivity contribution is 0.0846. The smallest absolute Gasteiger partial charge is 0.267 e. The number of fused-ring (bicyclic) bond motifs is 1. The number of aromatic nitrogens is 2. The minimum atomic E-state index is -1.10. The van der Waals surface area contributed by atoms with Gasteiger partial charge in [0.15, 0.2) is 0 Å². The second-order valence-electron chi connectivity index (χ2n) is 5.93. The molecule has 0 aromatic carbocycles. The fourth-order valence-corrected chi connectivity index (χ4v) is 2.98. The largest absolute Gasteiger partial charge is 0.349 e. The van der Waals surface area contributed by atoms with Crippen molar-refractivity contribution < 1.29 is 9.18 Å². The second kappa shape index (κ2) is 5.30. The summed E-state index contributed by atoms with van der Waals surface area (Å²) < 4.78 is 13.7. The normalized spacial score (nSPS) is 26.0. The van der Waals surface area contributed by atoms with Gasteiger partial charge in [-0.1, -0.05) is 11.6 Å². The van der Waals surface area contributed by atoms with Crippen molar-refractivity contribution in [2.24, 2.45) is 0 Å². The van der Waals surface area contributed by atoms with Crippen LogP contribution < -0.4 is 5.32 Å². The van der Waals surface area contributed by atoms with Gasteiger partial charge in [0.05, 0.1) is 16.7 Å². The lowest BCUT2D eigenvalue weighted by Gasteiger charge is -2.31. The number of aromatic amines is 1. The zero-order valence-corrected chi connectivity index (χ0v) is 12.5. The van der Waals surface area contributed by atoms with Crippen molar-refractivity contribution in [2.75, 3.05) is 0 Å². The van der Waals surface area contributed by atoms with E-state index in [1.54, 1.807) is 25.4 Å². The summed E-state index contributed by atoms with van der Waals surface area (Å²) in [4.78, 5) is 19.2.